The van der Waals surface area contributed by atoms with E-state index in [0.29, 0.717) is 12.5 Å². The van der Waals surface area contributed by atoms with Crippen LogP contribution in [-0.4, -0.2) is 30.1 Å². The summed E-state index contributed by atoms with van der Waals surface area (Å²) in [5.74, 6) is 0.218. The highest BCUT2D eigenvalue weighted by molar-refractivity contribution is 7.09. The van der Waals surface area contributed by atoms with Crippen molar-refractivity contribution >= 4 is 17.3 Å². The first-order valence-corrected chi connectivity index (χ1v) is 5.98. The summed E-state index contributed by atoms with van der Waals surface area (Å²) in [6.07, 6.45) is 2.60. The van der Waals surface area contributed by atoms with Crippen LogP contribution in [0.1, 0.15) is 24.3 Å². The third-order valence-corrected chi connectivity index (χ3v) is 3.44. The van der Waals surface area contributed by atoms with Crippen LogP contribution in [0.3, 0.4) is 0 Å². The molecular weight excluding hydrogens is 212 g/mol. The van der Waals surface area contributed by atoms with Gasteiger partial charge in [-0.05, 0) is 13.3 Å². The van der Waals surface area contributed by atoms with Crippen molar-refractivity contribution in [1.29, 1.82) is 0 Å². The van der Waals surface area contributed by atoms with E-state index in [1.807, 2.05) is 12.3 Å². The predicted molar refractivity (Wildman–Crippen MR) is 57.9 cm³/mol. The van der Waals surface area contributed by atoms with E-state index in [4.69, 9.17) is 4.74 Å². The number of hydrogen-bond acceptors (Lipinski definition) is 5. The van der Waals surface area contributed by atoms with Crippen molar-refractivity contribution < 1.29 is 9.53 Å². The molecular formula is C10H14N2O2S. The van der Waals surface area contributed by atoms with Gasteiger partial charge in [-0.3, -0.25) is 4.79 Å². The van der Waals surface area contributed by atoms with E-state index in [0.717, 1.165) is 18.0 Å². The Balaban J connectivity index is 1.92. The highest BCUT2D eigenvalue weighted by Gasteiger charge is 2.32. The molecule has 0 saturated carbocycles. The van der Waals surface area contributed by atoms with Crippen LogP contribution in [0.4, 0.5) is 0 Å². The number of thiazole rings is 1. The van der Waals surface area contributed by atoms with E-state index >= 15 is 0 Å². The second-order valence-corrected chi connectivity index (χ2v) is 4.44. The Morgan fingerprint density at radius 3 is 3.33 bits per heavy atom. The fourth-order valence-electron chi connectivity index (χ4n) is 1.78. The normalized spacial score (nSPS) is 25.4. The molecule has 82 valence electrons. The van der Waals surface area contributed by atoms with Crippen LogP contribution in [0.25, 0.3) is 0 Å². The van der Waals surface area contributed by atoms with E-state index in [-0.39, 0.29) is 12.0 Å². The molecule has 1 aliphatic heterocycles. The van der Waals surface area contributed by atoms with Crippen molar-refractivity contribution in [3.63, 3.8) is 0 Å². The number of nitrogens with one attached hydrogen (secondary N) is 1. The molecule has 0 amide bonds. The number of ether oxygens (including phenoxy) is 1. The minimum Gasteiger partial charge on any atom is -0.465 e. The number of aromatic nitrogens is 1. The van der Waals surface area contributed by atoms with Gasteiger partial charge in [0.15, 0.2) is 0 Å². The molecule has 5 heteroatoms. The fraction of sp³-hybridized carbons (Fsp3) is 0.600. The highest BCUT2D eigenvalue weighted by atomic mass is 32.1. The lowest BCUT2D eigenvalue weighted by Crippen LogP contribution is -2.32. The lowest BCUT2D eigenvalue weighted by Gasteiger charge is -2.08. The number of carbonyl (C=O) groups is 1. The van der Waals surface area contributed by atoms with E-state index in [2.05, 4.69) is 10.3 Å². The van der Waals surface area contributed by atoms with Gasteiger partial charge in [0.05, 0.1) is 11.6 Å². The van der Waals surface area contributed by atoms with Crippen LogP contribution in [0.2, 0.25) is 0 Å². The summed E-state index contributed by atoms with van der Waals surface area (Å²) in [7, 11) is 0. The molecule has 0 unspecified atom stereocenters. The number of carbonyl (C=O) groups excluding carboxylic acids is 1. The number of hydrogen-bond donors (Lipinski definition) is 1. The first-order valence-electron chi connectivity index (χ1n) is 5.10. The van der Waals surface area contributed by atoms with Crippen LogP contribution in [0, 0.1) is 0 Å². The van der Waals surface area contributed by atoms with Crippen LogP contribution in [0.15, 0.2) is 11.6 Å². The van der Waals surface area contributed by atoms with Crippen molar-refractivity contribution in [1.82, 2.24) is 10.3 Å². The molecule has 1 aromatic heterocycles. The Hall–Kier alpha value is -0.940. The van der Waals surface area contributed by atoms with Crippen LogP contribution >= 0.6 is 11.3 Å². The van der Waals surface area contributed by atoms with Crippen LogP contribution in [0.5, 0.6) is 0 Å². The van der Waals surface area contributed by atoms with Crippen molar-refractivity contribution in [2.75, 3.05) is 13.2 Å². The van der Waals surface area contributed by atoms with Crippen LogP contribution in [-0.2, 0) is 9.53 Å². The van der Waals surface area contributed by atoms with Crippen molar-refractivity contribution in [3.05, 3.63) is 16.6 Å². The summed E-state index contributed by atoms with van der Waals surface area (Å²) in [5, 5.41) is 6.24. The first kappa shape index (κ1) is 10.6. The molecule has 2 atom stereocenters. The molecule has 1 fully saturated rings. The smallest absolute Gasteiger partial charge is 0.323 e. The molecule has 0 bridgehead atoms. The van der Waals surface area contributed by atoms with Gasteiger partial charge in [-0.25, -0.2) is 4.98 Å². The summed E-state index contributed by atoms with van der Waals surface area (Å²) >= 11 is 1.64. The molecule has 1 N–H and O–H groups in total. The predicted octanol–water partition coefficient (Wildman–Crippen LogP) is 1.15. The molecule has 1 aliphatic rings. The largest absolute Gasteiger partial charge is 0.465 e. The maximum Gasteiger partial charge on any atom is 0.323 e. The summed E-state index contributed by atoms with van der Waals surface area (Å²) in [6, 6.07) is -0.154. The maximum atomic E-state index is 11.5. The zero-order valence-corrected chi connectivity index (χ0v) is 9.42. The van der Waals surface area contributed by atoms with E-state index < -0.39 is 0 Å². The molecule has 15 heavy (non-hydrogen) atoms. The van der Waals surface area contributed by atoms with Gasteiger partial charge in [0, 0.05) is 24.0 Å². The molecule has 2 rings (SSSR count). The van der Waals surface area contributed by atoms with Gasteiger partial charge < -0.3 is 10.1 Å². The van der Waals surface area contributed by atoms with Gasteiger partial charge in [-0.2, -0.15) is 0 Å². The molecule has 0 aromatic carbocycles. The van der Waals surface area contributed by atoms with E-state index in [9.17, 15) is 4.79 Å². The minimum atomic E-state index is -0.154. The molecule has 1 saturated heterocycles. The highest BCUT2D eigenvalue weighted by Crippen LogP contribution is 2.27. The molecule has 0 aliphatic carbocycles. The Morgan fingerprint density at radius 2 is 2.67 bits per heavy atom. The van der Waals surface area contributed by atoms with E-state index in [1.54, 1.807) is 17.5 Å². The van der Waals surface area contributed by atoms with E-state index in [1.165, 1.54) is 0 Å². The van der Waals surface area contributed by atoms with Crippen molar-refractivity contribution in [3.8, 4) is 0 Å². The standard InChI is InChI=1S/C10H14N2O2S/c1-2-14-10(13)8-5-7(6-12-8)9-11-3-4-15-9/h3-4,7-8,12H,2,5-6H2,1H3/t7-,8+/m1/s1. The molecule has 0 spiro atoms. The van der Waals surface area contributed by atoms with Gasteiger partial charge in [-0.15, -0.1) is 11.3 Å². The fourth-order valence-corrected chi connectivity index (χ4v) is 2.54. The SMILES string of the molecule is CCOC(=O)[C@@H]1C[C@@H](c2nccs2)CN1. The molecule has 2 heterocycles. The summed E-state index contributed by atoms with van der Waals surface area (Å²) in [4.78, 5) is 15.7. The average Bonchev–Trinajstić information content (AvgIpc) is 2.89. The zero-order valence-electron chi connectivity index (χ0n) is 8.60. The lowest BCUT2D eigenvalue weighted by atomic mass is 10.1. The molecule has 0 radical (unpaired) electrons. The van der Waals surface area contributed by atoms with Crippen LogP contribution < -0.4 is 5.32 Å². The van der Waals surface area contributed by atoms with Gasteiger partial charge >= 0.3 is 5.97 Å². The summed E-state index contributed by atoms with van der Waals surface area (Å²) in [6.45, 7) is 3.08. The maximum absolute atomic E-state index is 11.5. The number of esters is 1. The average molecular weight is 226 g/mol. The molecule has 4 nitrogen and oxygen atoms in total. The monoisotopic (exact) mass is 226 g/mol. The van der Waals surface area contributed by atoms with Gasteiger partial charge in [0.1, 0.15) is 6.04 Å². The van der Waals surface area contributed by atoms with Gasteiger partial charge in [0.2, 0.25) is 0 Å². The Morgan fingerprint density at radius 1 is 1.80 bits per heavy atom. The third kappa shape index (κ3) is 2.35. The minimum absolute atomic E-state index is 0.142. The zero-order chi connectivity index (χ0) is 10.7. The quantitative estimate of drug-likeness (QED) is 0.786. The Bertz CT molecular complexity index is 326. The summed E-state index contributed by atoms with van der Waals surface area (Å²) in [5.41, 5.74) is 0. The Labute approximate surface area is 92.7 Å². The Kier molecular flexibility index (Phi) is 3.33. The summed E-state index contributed by atoms with van der Waals surface area (Å²) < 4.78 is 4.97. The number of nitrogens with zero attached hydrogens (tertiary/aromatic N) is 1. The van der Waals surface area contributed by atoms with Crippen molar-refractivity contribution in [2.45, 2.75) is 25.3 Å². The van der Waals surface area contributed by atoms with Gasteiger partial charge in [0.25, 0.3) is 0 Å². The molecule has 1 aromatic rings. The second kappa shape index (κ2) is 4.72. The number of rotatable bonds is 3. The van der Waals surface area contributed by atoms with Crippen molar-refractivity contribution in [2.24, 2.45) is 0 Å². The topological polar surface area (TPSA) is 51.2 Å². The lowest BCUT2D eigenvalue weighted by molar-refractivity contribution is -0.145. The third-order valence-electron chi connectivity index (χ3n) is 2.50. The van der Waals surface area contributed by atoms with Gasteiger partial charge in [-0.1, -0.05) is 0 Å². The first-order chi connectivity index (χ1) is 7.31. The second-order valence-electron chi connectivity index (χ2n) is 3.52.